The van der Waals surface area contributed by atoms with Crippen molar-refractivity contribution in [1.29, 1.82) is 0 Å². The summed E-state index contributed by atoms with van der Waals surface area (Å²) in [6.45, 7) is 3.97. The van der Waals surface area contributed by atoms with E-state index in [1.54, 1.807) is 4.90 Å². The van der Waals surface area contributed by atoms with Crippen molar-refractivity contribution < 1.29 is 9.53 Å². The van der Waals surface area contributed by atoms with Crippen molar-refractivity contribution in [3.05, 3.63) is 34.9 Å². The van der Waals surface area contributed by atoms with Gasteiger partial charge in [-0.3, -0.25) is 4.79 Å². The van der Waals surface area contributed by atoms with E-state index in [0.29, 0.717) is 13.2 Å². The van der Waals surface area contributed by atoms with E-state index in [0.717, 1.165) is 23.2 Å². The molecule has 0 saturated carbocycles. The number of nitrogens with zero attached hydrogens (tertiary/aromatic N) is 1. The second-order valence-corrected chi connectivity index (χ2v) is 3.79. The third-order valence-electron chi connectivity index (χ3n) is 2.63. The van der Waals surface area contributed by atoms with E-state index in [1.807, 2.05) is 32.2 Å². The molecular formula is C12H15NO2. The first-order valence-corrected chi connectivity index (χ1v) is 5.17. The van der Waals surface area contributed by atoms with Crippen LogP contribution in [0.2, 0.25) is 0 Å². The number of fused-ring (bicyclic) bond motifs is 1. The van der Waals surface area contributed by atoms with Gasteiger partial charge in [-0.25, -0.2) is 0 Å². The summed E-state index contributed by atoms with van der Waals surface area (Å²) in [6.07, 6.45) is 0. The van der Waals surface area contributed by atoms with E-state index in [1.165, 1.54) is 0 Å². The first-order chi connectivity index (χ1) is 7.22. The number of rotatable bonds is 3. The summed E-state index contributed by atoms with van der Waals surface area (Å²) in [5, 5.41) is 0. The molecule has 0 radical (unpaired) electrons. The van der Waals surface area contributed by atoms with E-state index in [4.69, 9.17) is 4.74 Å². The van der Waals surface area contributed by atoms with Gasteiger partial charge in [0.05, 0.1) is 6.61 Å². The summed E-state index contributed by atoms with van der Waals surface area (Å²) in [4.78, 5) is 13.4. The van der Waals surface area contributed by atoms with Crippen molar-refractivity contribution in [1.82, 2.24) is 4.90 Å². The predicted molar refractivity (Wildman–Crippen MR) is 57.6 cm³/mol. The molecule has 1 aliphatic rings. The monoisotopic (exact) mass is 205 g/mol. The summed E-state index contributed by atoms with van der Waals surface area (Å²) < 4.78 is 5.32. The summed E-state index contributed by atoms with van der Waals surface area (Å²) in [5.74, 6) is 0.114. The second-order valence-electron chi connectivity index (χ2n) is 3.79. The molecule has 0 unspecified atom stereocenters. The highest BCUT2D eigenvalue weighted by Gasteiger charge is 2.23. The third kappa shape index (κ3) is 1.88. The van der Waals surface area contributed by atoms with Gasteiger partial charge < -0.3 is 9.64 Å². The molecular weight excluding hydrogens is 190 g/mol. The van der Waals surface area contributed by atoms with Crippen LogP contribution in [-0.2, 0) is 17.9 Å². The molecule has 0 saturated heterocycles. The first-order valence-electron chi connectivity index (χ1n) is 5.17. The molecule has 1 aromatic carbocycles. The number of benzene rings is 1. The quantitative estimate of drug-likeness (QED) is 0.753. The molecule has 1 amide bonds. The number of carbonyl (C=O) groups excluding carboxylic acids is 1. The van der Waals surface area contributed by atoms with Gasteiger partial charge in [0, 0.05) is 25.8 Å². The zero-order chi connectivity index (χ0) is 10.8. The average Bonchev–Trinajstić information content (AvgIpc) is 2.52. The molecule has 3 nitrogen and oxygen atoms in total. The molecule has 3 heteroatoms. The summed E-state index contributed by atoms with van der Waals surface area (Å²) in [5.41, 5.74) is 3.01. The largest absolute Gasteiger partial charge is 0.377 e. The lowest BCUT2D eigenvalue weighted by atomic mass is 10.1. The van der Waals surface area contributed by atoms with E-state index in [9.17, 15) is 4.79 Å². The van der Waals surface area contributed by atoms with Crippen LogP contribution in [0.3, 0.4) is 0 Å². The van der Waals surface area contributed by atoms with Crippen LogP contribution >= 0.6 is 0 Å². The molecule has 0 aromatic heterocycles. The number of amides is 1. The highest BCUT2D eigenvalue weighted by Crippen LogP contribution is 2.22. The molecule has 80 valence electrons. The van der Waals surface area contributed by atoms with Crippen LogP contribution in [0.15, 0.2) is 18.2 Å². The Balaban J connectivity index is 2.23. The molecule has 1 aliphatic heterocycles. The Hall–Kier alpha value is -1.35. The van der Waals surface area contributed by atoms with Crippen LogP contribution in [0.1, 0.15) is 28.4 Å². The van der Waals surface area contributed by atoms with Crippen LogP contribution in [0.4, 0.5) is 0 Å². The minimum Gasteiger partial charge on any atom is -0.377 e. The zero-order valence-corrected chi connectivity index (χ0v) is 9.12. The van der Waals surface area contributed by atoms with Crippen molar-refractivity contribution in [3.8, 4) is 0 Å². The summed E-state index contributed by atoms with van der Waals surface area (Å²) in [6, 6.07) is 5.99. The van der Waals surface area contributed by atoms with Gasteiger partial charge in [-0.1, -0.05) is 12.1 Å². The Morgan fingerprint density at radius 1 is 1.47 bits per heavy atom. The lowest BCUT2D eigenvalue weighted by molar-refractivity contribution is 0.0816. The Morgan fingerprint density at radius 3 is 3.00 bits per heavy atom. The molecule has 0 bridgehead atoms. The predicted octanol–water partition coefficient (Wildman–Crippen LogP) is 1.81. The van der Waals surface area contributed by atoms with E-state index in [-0.39, 0.29) is 5.91 Å². The highest BCUT2D eigenvalue weighted by molar-refractivity contribution is 5.98. The van der Waals surface area contributed by atoms with Gasteiger partial charge in [-0.2, -0.15) is 0 Å². The van der Waals surface area contributed by atoms with Crippen LogP contribution in [-0.4, -0.2) is 24.5 Å². The summed E-state index contributed by atoms with van der Waals surface area (Å²) >= 11 is 0. The van der Waals surface area contributed by atoms with Crippen molar-refractivity contribution in [2.24, 2.45) is 0 Å². The topological polar surface area (TPSA) is 29.5 Å². The van der Waals surface area contributed by atoms with Gasteiger partial charge in [-0.15, -0.1) is 0 Å². The minimum absolute atomic E-state index is 0.114. The number of hydrogen-bond acceptors (Lipinski definition) is 2. The lowest BCUT2D eigenvalue weighted by Crippen LogP contribution is -2.17. The Morgan fingerprint density at radius 2 is 2.27 bits per heavy atom. The maximum absolute atomic E-state index is 11.7. The Labute approximate surface area is 89.7 Å². The fraction of sp³-hybridized carbons (Fsp3) is 0.417. The van der Waals surface area contributed by atoms with Crippen molar-refractivity contribution >= 4 is 5.91 Å². The maximum atomic E-state index is 11.7. The normalized spacial score (nSPS) is 14.5. The number of carbonyl (C=O) groups is 1. The molecule has 15 heavy (non-hydrogen) atoms. The molecule has 1 aromatic rings. The van der Waals surface area contributed by atoms with Gasteiger partial charge in [0.1, 0.15) is 0 Å². The van der Waals surface area contributed by atoms with E-state index in [2.05, 4.69) is 0 Å². The lowest BCUT2D eigenvalue weighted by Gasteiger charge is -2.04. The SMILES string of the molecule is CCOCc1ccc2c(c1)C(=O)N(C)C2. The fourth-order valence-corrected chi connectivity index (χ4v) is 1.80. The van der Waals surface area contributed by atoms with Crippen molar-refractivity contribution in [2.45, 2.75) is 20.1 Å². The Bertz CT molecular complexity index is 387. The molecule has 0 aliphatic carbocycles. The zero-order valence-electron chi connectivity index (χ0n) is 9.12. The van der Waals surface area contributed by atoms with Gasteiger partial charge in [0.2, 0.25) is 0 Å². The smallest absolute Gasteiger partial charge is 0.254 e. The summed E-state index contributed by atoms with van der Waals surface area (Å²) in [7, 11) is 1.82. The van der Waals surface area contributed by atoms with E-state index >= 15 is 0 Å². The van der Waals surface area contributed by atoms with E-state index < -0.39 is 0 Å². The van der Waals surface area contributed by atoms with Crippen LogP contribution in [0.5, 0.6) is 0 Å². The van der Waals surface area contributed by atoms with Gasteiger partial charge in [0.15, 0.2) is 0 Å². The molecule has 2 rings (SSSR count). The van der Waals surface area contributed by atoms with Crippen LogP contribution < -0.4 is 0 Å². The fourth-order valence-electron chi connectivity index (χ4n) is 1.80. The first kappa shape index (κ1) is 10.2. The molecule has 0 N–H and O–H groups in total. The molecule has 0 spiro atoms. The average molecular weight is 205 g/mol. The third-order valence-corrected chi connectivity index (χ3v) is 2.63. The molecule has 0 fully saturated rings. The number of hydrogen-bond donors (Lipinski definition) is 0. The number of ether oxygens (including phenoxy) is 1. The van der Waals surface area contributed by atoms with Crippen molar-refractivity contribution in [3.63, 3.8) is 0 Å². The molecule has 0 atom stereocenters. The van der Waals surface area contributed by atoms with Gasteiger partial charge in [-0.05, 0) is 24.1 Å². The maximum Gasteiger partial charge on any atom is 0.254 e. The van der Waals surface area contributed by atoms with Crippen molar-refractivity contribution in [2.75, 3.05) is 13.7 Å². The highest BCUT2D eigenvalue weighted by atomic mass is 16.5. The standard InChI is InChI=1S/C12H15NO2/c1-3-15-8-9-4-5-10-7-13(2)12(14)11(10)6-9/h4-6H,3,7-8H2,1-2H3. The Kier molecular flexibility index (Phi) is 2.73. The van der Waals surface area contributed by atoms with Crippen LogP contribution in [0, 0.1) is 0 Å². The second kappa shape index (κ2) is 4.03. The molecule has 1 heterocycles. The van der Waals surface area contributed by atoms with Crippen LogP contribution in [0.25, 0.3) is 0 Å². The van der Waals surface area contributed by atoms with Gasteiger partial charge >= 0.3 is 0 Å². The minimum atomic E-state index is 0.114. The van der Waals surface area contributed by atoms with Gasteiger partial charge in [0.25, 0.3) is 5.91 Å².